The van der Waals surface area contributed by atoms with Crippen molar-refractivity contribution in [3.05, 3.63) is 29.8 Å². The molecule has 2 nitrogen and oxygen atoms in total. The van der Waals surface area contributed by atoms with Gasteiger partial charge in [0.2, 0.25) is 7.42 Å². The fraction of sp³-hybridized carbons (Fsp3) is 0.700. The third kappa shape index (κ3) is 8.34. The summed E-state index contributed by atoms with van der Waals surface area (Å²) in [6.07, 6.45) is 9.77. The van der Waals surface area contributed by atoms with Gasteiger partial charge < -0.3 is 9.47 Å². The largest absolute Gasteiger partial charge is 0.494 e. The van der Waals surface area contributed by atoms with Gasteiger partial charge in [0.1, 0.15) is 5.75 Å². The van der Waals surface area contributed by atoms with E-state index in [9.17, 15) is 0 Å². The van der Waals surface area contributed by atoms with Crippen LogP contribution in [0.5, 0.6) is 5.75 Å². The van der Waals surface area contributed by atoms with Gasteiger partial charge >= 0.3 is 0 Å². The maximum absolute atomic E-state index is 5.99. The van der Waals surface area contributed by atoms with Crippen molar-refractivity contribution in [3.8, 4) is 5.75 Å². The van der Waals surface area contributed by atoms with Crippen LogP contribution in [0.1, 0.15) is 69.8 Å². The van der Waals surface area contributed by atoms with Crippen LogP contribution in [0.25, 0.3) is 0 Å². The Morgan fingerprint density at radius 2 is 1.68 bits per heavy atom. The van der Waals surface area contributed by atoms with Crippen molar-refractivity contribution in [2.45, 2.75) is 76.4 Å². The molecule has 0 aliphatic heterocycles. The van der Waals surface area contributed by atoms with Gasteiger partial charge in [-0.25, -0.2) is 0 Å². The van der Waals surface area contributed by atoms with Crippen molar-refractivity contribution in [2.24, 2.45) is 0 Å². The van der Waals surface area contributed by atoms with Crippen molar-refractivity contribution in [1.29, 1.82) is 0 Å². The third-order valence-corrected chi connectivity index (χ3v) is 7.12. The molecular weight excluding hydrogens is 371 g/mol. The Bertz CT molecular complexity index is 459. The zero-order valence-corrected chi connectivity index (χ0v) is 18.1. The number of rotatable bonds is 11. The lowest BCUT2D eigenvalue weighted by atomic mass is 9.83. The number of benzene rings is 1. The van der Waals surface area contributed by atoms with E-state index in [1.165, 1.54) is 31.2 Å². The predicted octanol–water partition coefficient (Wildman–Crippen LogP) is 6.39. The molecule has 1 aliphatic rings. The van der Waals surface area contributed by atoms with E-state index < -0.39 is 7.42 Å². The monoisotopic (exact) mass is 402 g/mol. The van der Waals surface area contributed by atoms with Crippen LogP contribution in [0.2, 0.25) is 6.04 Å². The maximum Gasteiger partial charge on any atom is 0.237 e. The number of halogens is 2. The molecule has 25 heavy (non-hydrogen) atoms. The van der Waals surface area contributed by atoms with Crippen molar-refractivity contribution in [2.75, 3.05) is 13.2 Å². The fourth-order valence-corrected chi connectivity index (χ4v) is 4.83. The summed E-state index contributed by atoms with van der Waals surface area (Å²) in [5.41, 5.74) is 1.44. The molecule has 1 aromatic rings. The van der Waals surface area contributed by atoms with Crippen LogP contribution in [0.4, 0.5) is 0 Å². The third-order valence-electron chi connectivity index (χ3n) is 4.96. The summed E-state index contributed by atoms with van der Waals surface area (Å²) in [4.78, 5) is 0. The van der Waals surface area contributed by atoms with Gasteiger partial charge in [0, 0.05) is 6.61 Å². The van der Waals surface area contributed by atoms with Crippen molar-refractivity contribution < 1.29 is 9.47 Å². The van der Waals surface area contributed by atoms with Gasteiger partial charge in [0.15, 0.2) is 0 Å². The SMILES string of the molecule is CCCCCOc1ccc([C@H]2CC[C@H](OCCC[SiH](Cl)Cl)CC2)cc1. The quantitative estimate of drug-likeness (QED) is 0.242. The first-order chi connectivity index (χ1) is 12.2. The van der Waals surface area contributed by atoms with E-state index in [1.807, 2.05) is 0 Å². The molecule has 0 bridgehead atoms. The Labute approximate surface area is 164 Å². The molecule has 1 aliphatic carbocycles. The highest BCUT2D eigenvalue weighted by Gasteiger charge is 2.22. The van der Waals surface area contributed by atoms with Crippen molar-refractivity contribution in [3.63, 3.8) is 0 Å². The highest BCUT2D eigenvalue weighted by molar-refractivity contribution is 7.33. The van der Waals surface area contributed by atoms with E-state index in [1.54, 1.807) is 0 Å². The topological polar surface area (TPSA) is 18.5 Å². The van der Waals surface area contributed by atoms with Crippen molar-refractivity contribution in [1.82, 2.24) is 0 Å². The average molecular weight is 403 g/mol. The number of ether oxygens (including phenoxy) is 2. The van der Waals surface area contributed by atoms with Crippen LogP contribution in [0.15, 0.2) is 24.3 Å². The Kier molecular flexibility index (Phi) is 10.3. The molecule has 0 radical (unpaired) electrons. The van der Waals surface area contributed by atoms with Crippen LogP contribution in [-0.2, 0) is 4.74 Å². The Balaban J connectivity index is 1.66. The minimum atomic E-state index is -1.46. The summed E-state index contributed by atoms with van der Waals surface area (Å²) >= 11 is 11.8. The van der Waals surface area contributed by atoms with E-state index in [0.29, 0.717) is 12.0 Å². The molecule has 0 saturated heterocycles. The fourth-order valence-electron chi connectivity index (χ4n) is 3.43. The minimum absolute atomic E-state index is 0.420. The predicted molar refractivity (Wildman–Crippen MR) is 111 cm³/mol. The zero-order chi connectivity index (χ0) is 17.9. The van der Waals surface area contributed by atoms with E-state index in [2.05, 4.69) is 31.2 Å². The van der Waals surface area contributed by atoms with Crippen LogP contribution in [0, 0.1) is 0 Å². The molecule has 0 heterocycles. The molecule has 0 unspecified atom stereocenters. The Morgan fingerprint density at radius 1 is 0.960 bits per heavy atom. The van der Waals surface area contributed by atoms with E-state index in [4.69, 9.17) is 31.6 Å². The van der Waals surface area contributed by atoms with Crippen LogP contribution >= 0.6 is 22.2 Å². The maximum atomic E-state index is 5.99. The molecular formula is C20H32Cl2O2Si. The standard InChI is InChI=1S/C20H32Cl2O2Si/c1-2-3-4-14-23-19-10-6-17(7-11-19)18-8-12-20(13-9-18)24-15-5-16-25(21)22/h6-7,10-11,18,20,25H,2-5,8-9,12-16H2,1H3/t18-,20-. The molecule has 1 aromatic carbocycles. The smallest absolute Gasteiger partial charge is 0.237 e. The lowest BCUT2D eigenvalue weighted by Gasteiger charge is -2.29. The molecule has 0 atom stereocenters. The molecule has 0 aromatic heterocycles. The van der Waals surface area contributed by atoms with Gasteiger partial charge in [-0.3, -0.25) is 0 Å². The van der Waals surface area contributed by atoms with Crippen LogP contribution in [-0.4, -0.2) is 26.7 Å². The van der Waals surface area contributed by atoms with Gasteiger partial charge in [-0.15, -0.1) is 0 Å². The number of hydrogen-bond donors (Lipinski definition) is 0. The Morgan fingerprint density at radius 3 is 2.32 bits per heavy atom. The summed E-state index contributed by atoms with van der Waals surface area (Å²) < 4.78 is 11.8. The first-order valence-electron chi connectivity index (χ1n) is 9.81. The summed E-state index contributed by atoms with van der Waals surface area (Å²) in [6.45, 7) is 3.85. The second kappa shape index (κ2) is 12.2. The molecule has 1 fully saturated rings. The van der Waals surface area contributed by atoms with Crippen molar-refractivity contribution >= 4 is 29.6 Å². The molecule has 0 amide bonds. The van der Waals surface area contributed by atoms with Gasteiger partial charge in [-0.1, -0.05) is 31.9 Å². The first kappa shape index (κ1) is 21.1. The summed E-state index contributed by atoms with van der Waals surface area (Å²) in [6, 6.07) is 9.69. The summed E-state index contributed by atoms with van der Waals surface area (Å²) in [5.74, 6) is 1.66. The lowest BCUT2D eigenvalue weighted by Crippen LogP contribution is -2.21. The van der Waals surface area contributed by atoms with Gasteiger partial charge in [0.05, 0.1) is 12.7 Å². The molecule has 0 N–H and O–H groups in total. The molecule has 142 valence electrons. The lowest BCUT2D eigenvalue weighted by molar-refractivity contribution is 0.0251. The molecule has 1 saturated carbocycles. The van der Waals surface area contributed by atoms with E-state index in [-0.39, 0.29) is 0 Å². The second-order valence-corrected chi connectivity index (χ2v) is 12.2. The molecule has 0 spiro atoms. The van der Waals surface area contributed by atoms with Crippen LogP contribution < -0.4 is 4.74 Å². The zero-order valence-electron chi connectivity index (χ0n) is 15.4. The summed E-state index contributed by atoms with van der Waals surface area (Å²) in [5, 5.41) is 0. The molecule has 5 heteroatoms. The number of unbranched alkanes of at least 4 members (excludes halogenated alkanes) is 2. The minimum Gasteiger partial charge on any atom is -0.494 e. The molecule has 2 rings (SSSR count). The second-order valence-electron chi connectivity index (χ2n) is 7.00. The highest BCUT2D eigenvalue weighted by Crippen LogP contribution is 2.34. The normalized spacial score (nSPS) is 20.8. The first-order valence-corrected chi connectivity index (χ1v) is 14.1. The average Bonchev–Trinajstić information content (AvgIpc) is 2.63. The highest BCUT2D eigenvalue weighted by atomic mass is 35.7. The van der Waals surface area contributed by atoms with Gasteiger partial charge in [-0.05, 0) is 68.2 Å². The van der Waals surface area contributed by atoms with Crippen LogP contribution in [0.3, 0.4) is 0 Å². The van der Waals surface area contributed by atoms with Gasteiger partial charge in [0.25, 0.3) is 0 Å². The van der Waals surface area contributed by atoms with E-state index >= 15 is 0 Å². The van der Waals surface area contributed by atoms with E-state index in [0.717, 1.165) is 50.7 Å². The van der Waals surface area contributed by atoms with Gasteiger partial charge in [-0.2, -0.15) is 22.2 Å². The summed E-state index contributed by atoms with van der Waals surface area (Å²) in [7, 11) is -1.46. The Hall–Kier alpha value is -0.223. The number of hydrogen-bond acceptors (Lipinski definition) is 2.